The minimum Gasteiger partial charge on any atom is -0.508 e. The van der Waals surface area contributed by atoms with Gasteiger partial charge in [0.05, 0.1) is 5.41 Å². The summed E-state index contributed by atoms with van der Waals surface area (Å²) in [5.74, 6) is 0.577. The Balaban J connectivity index is 2.01. The van der Waals surface area contributed by atoms with Crippen LogP contribution in [0.4, 0.5) is 0 Å². The predicted molar refractivity (Wildman–Crippen MR) is 126 cm³/mol. The number of benzene rings is 4. The lowest BCUT2D eigenvalue weighted by Gasteiger charge is -2.37. The topological polar surface area (TPSA) is 40.5 Å². The van der Waals surface area contributed by atoms with Crippen molar-refractivity contribution in [2.24, 2.45) is 0 Å². The molecule has 4 aromatic carbocycles. The second kappa shape index (κ2) is 7.31. The van der Waals surface area contributed by atoms with Crippen LogP contribution < -0.4 is 0 Å². The van der Waals surface area contributed by atoms with Crippen LogP contribution in [0.25, 0.3) is 11.1 Å². The first-order chi connectivity index (χ1) is 15.1. The Morgan fingerprint density at radius 2 is 0.968 bits per heavy atom. The molecule has 0 spiro atoms. The van der Waals surface area contributed by atoms with Crippen molar-refractivity contribution in [3.05, 3.63) is 118 Å². The maximum atomic E-state index is 10.3. The van der Waals surface area contributed by atoms with Gasteiger partial charge in [0.15, 0.2) is 0 Å². The third-order valence-corrected chi connectivity index (χ3v) is 6.70. The number of fused-ring (bicyclic) bond motifs is 3. The SMILES string of the molecule is CCc1cc(O)ccc1C1(c2ccc(O)cc2CC)c2ccccc2-c2ccccc21. The van der Waals surface area contributed by atoms with Crippen molar-refractivity contribution in [2.45, 2.75) is 32.1 Å². The molecular weight excluding hydrogens is 380 g/mol. The number of phenols is 2. The zero-order valence-electron chi connectivity index (χ0n) is 17.9. The van der Waals surface area contributed by atoms with Crippen LogP contribution in [0.5, 0.6) is 11.5 Å². The smallest absolute Gasteiger partial charge is 0.115 e. The lowest BCUT2D eigenvalue weighted by atomic mass is 9.64. The first kappa shape index (κ1) is 19.4. The van der Waals surface area contributed by atoms with E-state index in [1.165, 1.54) is 33.4 Å². The molecule has 0 saturated heterocycles. The number of aryl methyl sites for hydroxylation is 2. The lowest BCUT2D eigenvalue weighted by molar-refractivity contribution is 0.473. The predicted octanol–water partition coefficient (Wildman–Crippen LogP) is 6.59. The normalized spacial score (nSPS) is 13.6. The number of hydrogen-bond donors (Lipinski definition) is 2. The molecule has 154 valence electrons. The summed E-state index contributed by atoms with van der Waals surface area (Å²) in [5, 5.41) is 20.5. The average Bonchev–Trinajstić information content (AvgIpc) is 3.10. The Morgan fingerprint density at radius 3 is 1.39 bits per heavy atom. The van der Waals surface area contributed by atoms with Gasteiger partial charge in [-0.1, -0.05) is 74.5 Å². The largest absolute Gasteiger partial charge is 0.508 e. The molecule has 0 fully saturated rings. The second-order valence-corrected chi connectivity index (χ2v) is 8.23. The highest BCUT2D eigenvalue weighted by atomic mass is 16.3. The fourth-order valence-corrected chi connectivity index (χ4v) is 5.44. The highest BCUT2D eigenvalue weighted by Gasteiger charge is 2.47. The number of phenolic OH excluding ortho intramolecular Hbond substituents is 2. The molecule has 0 unspecified atom stereocenters. The van der Waals surface area contributed by atoms with Crippen molar-refractivity contribution in [2.75, 3.05) is 0 Å². The van der Waals surface area contributed by atoms with Gasteiger partial charge in [0.25, 0.3) is 0 Å². The molecule has 0 bridgehead atoms. The van der Waals surface area contributed by atoms with Gasteiger partial charge in [-0.2, -0.15) is 0 Å². The van der Waals surface area contributed by atoms with Crippen LogP contribution in [-0.4, -0.2) is 10.2 Å². The fourth-order valence-electron chi connectivity index (χ4n) is 5.44. The van der Waals surface area contributed by atoms with E-state index in [4.69, 9.17) is 0 Å². The summed E-state index contributed by atoms with van der Waals surface area (Å²) in [7, 11) is 0. The quantitative estimate of drug-likeness (QED) is 0.354. The minimum atomic E-state index is -0.509. The maximum Gasteiger partial charge on any atom is 0.115 e. The molecule has 0 saturated carbocycles. The van der Waals surface area contributed by atoms with Gasteiger partial charge >= 0.3 is 0 Å². The van der Waals surface area contributed by atoms with Gasteiger partial charge in [-0.15, -0.1) is 0 Å². The molecule has 0 atom stereocenters. The van der Waals surface area contributed by atoms with Crippen LogP contribution in [-0.2, 0) is 18.3 Å². The van der Waals surface area contributed by atoms with Gasteiger partial charge in [-0.05, 0) is 81.6 Å². The van der Waals surface area contributed by atoms with Gasteiger partial charge in [0.1, 0.15) is 11.5 Å². The number of rotatable bonds is 4. The minimum absolute atomic E-state index is 0.289. The van der Waals surface area contributed by atoms with Gasteiger partial charge in [0, 0.05) is 0 Å². The number of hydrogen-bond acceptors (Lipinski definition) is 2. The van der Waals surface area contributed by atoms with E-state index >= 15 is 0 Å². The molecule has 4 aromatic rings. The highest BCUT2D eigenvalue weighted by molar-refractivity contribution is 5.87. The van der Waals surface area contributed by atoms with Crippen molar-refractivity contribution in [3.8, 4) is 22.6 Å². The van der Waals surface area contributed by atoms with Crippen molar-refractivity contribution in [3.63, 3.8) is 0 Å². The molecule has 31 heavy (non-hydrogen) atoms. The van der Waals surface area contributed by atoms with Gasteiger partial charge < -0.3 is 10.2 Å². The third-order valence-electron chi connectivity index (χ3n) is 6.70. The molecule has 0 aromatic heterocycles. The van der Waals surface area contributed by atoms with Crippen molar-refractivity contribution < 1.29 is 10.2 Å². The van der Waals surface area contributed by atoms with Crippen LogP contribution in [0.15, 0.2) is 84.9 Å². The Hall–Kier alpha value is -3.52. The molecule has 0 amide bonds. The summed E-state index contributed by atoms with van der Waals surface area (Å²) in [6.07, 6.45) is 1.63. The monoisotopic (exact) mass is 406 g/mol. The van der Waals surface area contributed by atoms with E-state index in [0.717, 1.165) is 24.0 Å². The molecular formula is C29H26O2. The van der Waals surface area contributed by atoms with E-state index in [9.17, 15) is 10.2 Å². The summed E-state index contributed by atoms with van der Waals surface area (Å²) < 4.78 is 0. The van der Waals surface area contributed by atoms with Crippen molar-refractivity contribution in [1.82, 2.24) is 0 Å². The van der Waals surface area contributed by atoms with E-state index in [-0.39, 0.29) is 11.5 Å². The summed E-state index contributed by atoms with van der Waals surface area (Å²) in [5.41, 5.74) is 9.09. The highest BCUT2D eigenvalue weighted by Crippen LogP contribution is 2.57. The van der Waals surface area contributed by atoms with Crippen LogP contribution >= 0.6 is 0 Å². The van der Waals surface area contributed by atoms with Crippen LogP contribution in [0, 0.1) is 0 Å². The Kier molecular flexibility index (Phi) is 4.59. The first-order valence-electron chi connectivity index (χ1n) is 10.9. The molecule has 1 aliphatic rings. The van der Waals surface area contributed by atoms with E-state index in [1.807, 2.05) is 12.1 Å². The van der Waals surface area contributed by atoms with Gasteiger partial charge in [-0.3, -0.25) is 0 Å². The third kappa shape index (κ3) is 2.71. The zero-order chi connectivity index (χ0) is 21.6. The Labute approximate surface area is 183 Å². The van der Waals surface area contributed by atoms with Crippen molar-refractivity contribution >= 4 is 0 Å². The molecule has 2 heteroatoms. The van der Waals surface area contributed by atoms with Crippen LogP contribution in [0.1, 0.15) is 47.2 Å². The fraction of sp³-hybridized carbons (Fsp3) is 0.172. The molecule has 0 heterocycles. The van der Waals surface area contributed by atoms with E-state index in [1.54, 1.807) is 12.1 Å². The average molecular weight is 407 g/mol. The van der Waals surface area contributed by atoms with Crippen LogP contribution in [0.2, 0.25) is 0 Å². The molecule has 1 aliphatic carbocycles. The standard InChI is InChI=1S/C29H26O2/c1-3-19-17-21(30)13-15-25(19)29(26-16-14-22(31)18-20(26)4-2)27-11-7-5-9-23(27)24-10-6-8-12-28(24)29/h5-18,30-31H,3-4H2,1-2H3. The van der Waals surface area contributed by atoms with E-state index in [0.29, 0.717) is 0 Å². The van der Waals surface area contributed by atoms with Gasteiger partial charge in [0.2, 0.25) is 0 Å². The zero-order valence-corrected chi connectivity index (χ0v) is 17.9. The molecule has 0 aliphatic heterocycles. The molecule has 0 radical (unpaired) electrons. The van der Waals surface area contributed by atoms with Gasteiger partial charge in [-0.25, -0.2) is 0 Å². The summed E-state index contributed by atoms with van der Waals surface area (Å²) in [6.45, 7) is 4.27. The van der Waals surface area contributed by atoms with E-state index < -0.39 is 5.41 Å². The van der Waals surface area contributed by atoms with Crippen LogP contribution in [0.3, 0.4) is 0 Å². The van der Waals surface area contributed by atoms with Crippen molar-refractivity contribution in [1.29, 1.82) is 0 Å². The van der Waals surface area contributed by atoms with E-state index in [2.05, 4.69) is 74.5 Å². The summed E-state index contributed by atoms with van der Waals surface area (Å²) >= 11 is 0. The molecule has 2 nitrogen and oxygen atoms in total. The maximum absolute atomic E-state index is 10.3. The lowest BCUT2D eigenvalue weighted by Crippen LogP contribution is -2.31. The summed E-state index contributed by atoms with van der Waals surface area (Å²) in [4.78, 5) is 0. The summed E-state index contributed by atoms with van der Waals surface area (Å²) in [6, 6.07) is 28.8. The Morgan fingerprint density at radius 1 is 0.548 bits per heavy atom. The molecule has 5 rings (SSSR count). The second-order valence-electron chi connectivity index (χ2n) is 8.23. The number of aromatic hydroxyl groups is 2. The Bertz CT molecular complexity index is 1180. The molecule has 2 N–H and O–H groups in total. The first-order valence-corrected chi connectivity index (χ1v) is 10.9.